The maximum absolute atomic E-state index is 14.3. The van der Waals surface area contributed by atoms with Crippen LogP contribution in [0.2, 0.25) is 5.15 Å². The summed E-state index contributed by atoms with van der Waals surface area (Å²) in [4.78, 5) is 25.4. The van der Waals surface area contributed by atoms with Gasteiger partial charge in [0.25, 0.3) is 5.91 Å². The maximum Gasteiger partial charge on any atom is 0.416 e. The quantitative estimate of drug-likeness (QED) is 0.250. The summed E-state index contributed by atoms with van der Waals surface area (Å²) in [6.07, 6.45) is -3.47. The molecular formula is C29H26ClF4N7O. The summed E-state index contributed by atoms with van der Waals surface area (Å²) in [6, 6.07) is 8.33. The maximum atomic E-state index is 14.3. The van der Waals surface area contributed by atoms with Gasteiger partial charge >= 0.3 is 6.18 Å². The van der Waals surface area contributed by atoms with Gasteiger partial charge in [0.15, 0.2) is 5.65 Å². The topological polar surface area (TPSA) is 78.7 Å². The van der Waals surface area contributed by atoms with Crippen molar-refractivity contribution in [3.63, 3.8) is 0 Å². The fourth-order valence-electron chi connectivity index (χ4n) is 4.59. The van der Waals surface area contributed by atoms with Gasteiger partial charge in [-0.05, 0) is 55.8 Å². The van der Waals surface area contributed by atoms with Gasteiger partial charge in [-0.25, -0.2) is 13.9 Å². The Kier molecular flexibility index (Phi) is 8.45. The summed E-state index contributed by atoms with van der Waals surface area (Å²) < 4.78 is 57.7. The van der Waals surface area contributed by atoms with E-state index >= 15 is 0 Å². The van der Waals surface area contributed by atoms with E-state index in [0.717, 1.165) is 25.4 Å². The zero-order valence-corrected chi connectivity index (χ0v) is 23.5. The number of aromatic nitrogens is 4. The molecule has 13 heteroatoms. The molecule has 1 aromatic carbocycles. The first-order valence-corrected chi connectivity index (χ1v) is 13.4. The highest BCUT2D eigenvalue weighted by Gasteiger charge is 2.34. The Morgan fingerprint density at radius 1 is 1.07 bits per heavy atom. The number of benzene rings is 1. The van der Waals surface area contributed by atoms with E-state index < -0.39 is 23.8 Å². The number of fused-ring (bicyclic) bond motifs is 1. The number of pyridine rings is 1. The molecule has 1 N–H and O–H groups in total. The summed E-state index contributed by atoms with van der Waals surface area (Å²) in [6.45, 7) is 4.32. The average molecular weight is 600 g/mol. The third kappa shape index (κ3) is 6.70. The van der Waals surface area contributed by atoms with E-state index in [2.05, 4.69) is 37.1 Å². The molecule has 4 heterocycles. The lowest BCUT2D eigenvalue weighted by atomic mass is 10.0. The number of alkyl halides is 4. The molecule has 3 aromatic heterocycles. The lowest BCUT2D eigenvalue weighted by Crippen LogP contribution is -2.44. The number of nitrogens with one attached hydrogen (secondary N) is 1. The highest BCUT2D eigenvalue weighted by Crippen LogP contribution is 2.35. The molecule has 0 spiro atoms. The molecule has 5 rings (SSSR count). The van der Waals surface area contributed by atoms with Crippen molar-refractivity contribution in [2.24, 2.45) is 0 Å². The van der Waals surface area contributed by atoms with E-state index in [-0.39, 0.29) is 39.8 Å². The van der Waals surface area contributed by atoms with Crippen molar-refractivity contribution < 1.29 is 22.4 Å². The van der Waals surface area contributed by atoms with Gasteiger partial charge < -0.3 is 10.2 Å². The SMILES string of the molecule is CC(F)c1ncc(C(=O)Nc2ccc(CN3CCN(C)CC3)c(C(F)(F)F)c2)cc1C#Cc1cnc2ccc(Cl)nn12. The van der Waals surface area contributed by atoms with Gasteiger partial charge in [0.2, 0.25) is 0 Å². The first-order valence-electron chi connectivity index (χ1n) is 13.1. The summed E-state index contributed by atoms with van der Waals surface area (Å²) in [5.74, 6) is 4.94. The first kappa shape index (κ1) is 29.4. The number of hydrogen-bond donors (Lipinski definition) is 1. The minimum absolute atomic E-state index is 0.00177. The van der Waals surface area contributed by atoms with Crippen molar-refractivity contribution in [3.05, 3.63) is 87.6 Å². The molecule has 0 saturated carbocycles. The Labute approximate surface area is 244 Å². The van der Waals surface area contributed by atoms with Crippen molar-refractivity contribution >= 4 is 28.8 Å². The Morgan fingerprint density at radius 3 is 2.55 bits per heavy atom. The molecule has 1 atom stereocenters. The number of likely N-dealkylation sites (N-methyl/N-ethyl adjacent to an activating group) is 1. The second kappa shape index (κ2) is 12.1. The third-order valence-electron chi connectivity index (χ3n) is 6.88. The van der Waals surface area contributed by atoms with E-state index in [1.807, 2.05) is 11.9 Å². The van der Waals surface area contributed by atoms with Crippen LogP contribution in [0.15, 0.2) is 48.8 Å². The molecule has 4 aromatic rings. The van der Waals surface area contributed by atoms with Crippen molar-refractivity contribution in [1.29, 1.82) is 0 Å². The third-order valence-corrected chi connectivity index (χ3v) is 7.08. The van der Waals surface area contributed by atoms with E-state index in [1.165, 1.54) is 35.8 Å². The minimum Gasteiger partial charge on any atom is -0.322 e. The van der Waals surface area contributed by atoms with Crippen LogP contribution in [0.5, 0.6) is 0 Å². The Balaban J connectivity index is 1.40. The molecule has 1 aliphatic rings. The van der Waals surface area contributed by atoms with E-state index in [9.17, 15) is 22.4 Å². The number of hydrogen-bond acceptors (Lipinski definition) is 6. The van der Waals surface area contributed by atoms with Gasteiger partial charge in [-0.1, -0.05) is 23.6 Å². The molecule has 0 bridgehead atoms. The molecule has 8 nitrogen and oxygen atoms in total. The van der Waals surface area contributed by atoms with E-state index in [1.54, 1.807) is 12.1 Å². The number of amides is 1. The van der Waals surface area contributed by atoms with Crippen LogP contribution < -0.4 is 5.32 Å². The lowest BCUT2D eigenvalue weighted by Gasteiger charge is -2.33. The Bertz CT molecular complexity index is 1690. The number of rotatable bonds is 5. The highest BCUT2D eigenvalue weighted by atomic mass is 35.5. The summed E-state index contributed by atoms with van der Waals surface area (Å²) >= 11 is 5.97. The van der Waals surface area contributed by atoms with Crippen molar-refractivity contribution in [2.45, 2.75) is 25.8 Å². The number of anilines is 1. The summed E-state index contributed by atoms with van der Waals surface area (Å²) in [5, 5.41) is 6.87. The fraction of sp³-hybridized carbons (Fsp3) is 0.310. The number of carbonyl (C=O) groups excluding carboxylic acids is 1. The smallest absolute Gasteiger partial charge is 0.322 e. The van der Waals surface area contributed by atoms with Gasteiger partial charge in [-0.15, -0.1) is 0 Å². The second-order valence-electron chi connectivity index (χ2n) is 10.00. The van der Waals surface area contributed by atoms with Gasteiger partial charge in [0.1, 0.15) is 17.0 Å². The lowest BCUT2D eigenvalue weighted by molar-refractivity contribution is -0.138. The molecule has 1 saturated heterocycles. The van der Waals surface area contributed by atoms with Crippen LogP contribution in [-0.4, -0.2) is 68.5 Å². The fourth-order valence-corrected chi connectivity index (χ4v) is 4.73. The van der Waals surface area contributed by atoms with Gasteiger partial charge in [0.05, 0.1) is 28.6 Å². The standard InChI is InChI=1S/C29H26ClF4N7O/c1-18(31)27-19(4-6-23-16-35-26-8-7-25(30)38-41(23)26)13-21(15-36-27)28(42)37-22-5-3-20(24(14-22)29(32,33)34)17-40-11-9-39(2)10-12-40/h3,5,7-8,13-16,18H,9-12,17H2,1-2H3,(H,37,42). The van der Waals surface area contributed by atoms with E-state index in [0.29, 0.717) is 24.4 Å². The monoisotopic (exact) mass is 599 g/mol. The van der Waals surface area contributed by atoms with Gasteiger partial charge in [0, 0.05) is 44.6 Å². The van der Waals surface area contributed by atoms with Crippen LogP contribution in [0, 0.1) is 11.8 Å². The number of carbonyl (C=O) groups is 1. The average Bonchev–Trinajstić information content (AvgIpc) is 3.35. The molecule has 0 radical (unpaired) electrons. The van der Waals surface area contributed by atoms with Crippen LogP contribution >= 0.6 is 11.6 Å². The van der Waals surface area contributed by atoms with Crippen molar-refractivity contribution in [3.8, 4) is 11.8 Å². The number of imidazole rings is 1. The molecule has 1 unspecified atom stereocenters. The number of halogens is 5. The number of nitrogens with zero attached hydrogens (tertiary/aromatic N) is 6. The van der Waals surface area contributed by atoms with Crippen molar-refractivity contribution in [1.82, 2.24) is 29.4 Å². The van der Waals surface area contributed by atoms with Gasteiger partial charge in [-0.3, -0.25) is 14.7 Å². The highest BCUT2D eigenvalue weighted by molar-refractivity contribution is 6.29. The van der Waals surface area contributed by atoms with E-state index in [4.69, 9.17) is 11.6 Å². The predicted molar refractivity (Wildman–Crippen MR) is 150 cm³/mol. The predicted octanol–water partition coefficient (Wildman–Crippen LogP) is 5.23. The van der Waals surface area contributed by atoms with Crippen molar-refractivity contribution in [2.75, 3.05) is 38.5 Å². The molecule has 42 heavy (non-hydrogen) atoms. The second-order valence-corrected chi connectivity index (χ2v) is 10.4. The Morgan fingerprint density at radius 2 is 1.83 bits per heavy atom. The van der Waals surface area contributed by atoms with Crippen LogP contribution in [-0.2, 0) is 12.7 Å². The number of piperazine rings is 1. The molecule has 1 amide bonds. The molecular weight excluding hydrogens is 574 g/mol. The van der Waals surface area contributed by atoms with Crippen LogP contribution in [0.1, 0.15) is 51.5 Å². The molecule has 1 fully saturated rings. The first-order chi connectivity index (χ1) is 20.0. The minimum atomic E-state index is -4.61. The summed E-state index contributed by atoms with van der Waals surface area (Å²) in [5.41, 5.74) is 0.301. The zero-order chi connectivity index (χ0) is 30.0. The van der Waals surface area contributed by atoms with Crippen LogP contribution in [0.4, 0.5) is 23.2 Å². The largest absolute Gasteiger partial charge is 0.416 e. The molecule has 1 aliphatic heterocycles. The van der Waals surface area contributed by atoms with Gasteiger partial charge in [-0.2, -0.15) is 18.3 Å². The summed E-state index contributed by atoms with van der Waals surface area (Å²) in [7, 11) is 1.97. The molecule has 218 valence electrons. The normalized spacial score (nSPS) is 15.3. The Hall–Kier alpha value is -4.05. The molecule has 0 aliphatic carbocycles. The van der Waals surface area contributed by atoms with Crippen LogP contribution in [0.3, 0.4) is 0 Å². The van der Waals surface area contributed by atoms with Crippen LogP contribution in [0.25, 0.3) is 5.65 Å². The zero-order valence-electron chi connectivity index (χ0n) is 22.7.